The summed E-state index contributed by atoms with van der Waals surface area (Å²) in [7, 11) is 0. The van der Waals surface area contributed by atoms with E-state index in [9.17, 15) is 13.2 Å². The van der Waals surface area contributed by atoms with E-state index in [2.05, 4.69) is 14.7 Å². The second-order valence-electron chi connectivity index (χ2n) is 2.27. The van der Waals surface area contributed by atoms with E-state index in [0.717, 1.165) is 12.4 Å². The fourth-order valence-corrected chi connectivity index (χ4v) is 0.595. The van der Waals surface area contributed by atoms with E-state index in [1.807, 2.05) is 0 Å². The first-order valence-electron chi connectivity index (χ1n) is 3.43. The average Bonchev–Trinajstić information content (AvgIpc) is 2.14. The third-order valence-corrected chi connectivity index (χ3v) is 1.12. The Kier molecular flexibility index (Phi) is 2.86. The number of nitriles is 1. The van der Waals surface area contributed by atoms with Crippen LogP contribution in [-0.4, -0.2) is 22.8 Å². The van der Waals surface area contributed by atoms with Gasteiger partial charge in [-0.1, -0.05) is 0 Å². The zero-order valence-electron chi connectivity index (χ0n) is 6.75. The van der Waals surface area contributed by atoms with Crippen LogP contribution in [0.4, 0.5) is 13.2 Å². The SMILES string of the molecule is N#Cc1cnc(OCC(F)(F)F)nc1. The van der Waals surface area contributed by atoms with Gasteiger partial charge in [-0.25, -0.2) is 9.97 Å². The quantitative estimate of drug-likeness (QED) is 0.726. The largest absolute Gasteiger partial charge is 0.454 e. The summed E-state index contributed by atoms with van der Waals surface area (Å²) in [6.45, 7) is -1.45. The molecule has 7 heteroatoms. The highest BCUT2D eigenvalue weighted by Gasteiger charge is 2.28. The Morgan fingerprint density at radius 2 is 1.93 bits per heavy atom. The van der Waals surface area contributed by atoms with E-state index in [1.54, 1.807) is 6.07 Å². The summed E-state index contributed by atoms with van der Waals surface area (Å²) < 4.78 is 39.2. The molecule has 0 aliphatic rings. The van der Waals surface area contributed by atoms with Gasteiger partial charge in [0.1, 0.15) is 6.07 Å². The van der Waals surface area contributed by atoms with Crippen molar-refractivity contribution in [2.45, 2.75) is 6.18 Å². The second-order valence-corrected chi connectivity index (χ2v) is 2.27. The van der Waals surface area contributed by atoms with Crippen molar-refractivity contribution in [1.29, 1.82) is 5.26 Å². The van der Waals surface area contributed by atoms with Crippen LogP contribution >= 0.6 is 0 Å². The summed E-state index contributed by atoms with van der Waals surface area (Å²) in [6.07, 6.45) is -2.26. The first-order chi connectivity index (χ1) is 6.51. The molecule has 1 aromatic rings. The molecule has 74 valence electrons. The lowest BCUT2D eigenvalue weighted by atomic mass is 10.4. The van der Waals surface area contributed by atoms with Crippen molar-refractivity contribution in [1.82, 2.24) is 9.97 Å². The van der Waals surface area contributed by atoms with Crippen LogP contribution in [0.25, 0.3) is 0 Å². The van der Waals surface area contributed by atoms with Crippen LogP contribution in [-0.2, 0) is 0 Å². The van der Waals surface area contributed by atoms with Crippen molar-refractivity contribution in [3.8, 4) is 12.1 Å². The highest BCUT2D eigenvalue weighted by atomic mass is 19.4. The topological polar surface area (TPSA) is 58.8 Å². The summed E-state index contributed by atoms with van der Waals surface area (Å²) in [5, 5.41) is 8.34. The van der Waals surface area contributed by atoms with Crippen molar-refractivity contribution in [3.63, 3.8) is 0 Å². The Morgan fingerprint density at radius 3 is 2.36 bits per heavy atom. The van der Waals surface area contributed by atoms with Crippen LogP contribution in [0.5, 0.6) is 6.01 Å². The summed E-state index contributed by atoms with van der Waals surface area (Å²) in [5.41, 5.74) is 0.157. The molecule has 0 aromatic carbocycles. The molecule has 14 heavy (non-hydrogen) atoms. The number of aromatic nitrogens is 2. The van der Waals surface area contributed by atoms with Gasteiger partial charge in [0, 0.05) is 0 Å². The standard InChI is InChI=1S/C7H4F3N3O/c8-7(9,10)4-14-6-12-2-5(1-11)3-13-6/h2-3H,4H2. The van der Waals surface area contributed by atoms with Crippen LogP contribution in [0.2, 0.25) is 0 Å². The molecule has 0 fully saturated rings. The third-order valence-electron chi connectivity index (χ3n) is 1.12. The molecular formula is C7H4F3N3O. The molecule has 0 radical (unpaired) electrons. The van der Waals surface area contributed by atoms with Gasteiger partial charge in [-0.3, -0.25) is 0 Å². The fourth-order valence-electron chi connectivity index (χ4n) is 0.595. The van der Waals surface area contributed by atoms with Gasteiger partial charge in [0.05, 0.1) is 18.0 Å². The second kappa shape index (κ2) is 3.91. The maximum absolute atomic E-state index is 11.7. The van der Waals surface area contributed by atoms with Gasteiger partial charge in [0.15, 0.2) is 6.61 Å². The lowest BCUT2D eigenvalue weighted by molar-refractivity contribution is -0.154. The summed E-state index contributed by atoms with van der Waals surface area (Å²) in [4.78, 5) is 6.79. The molecule has 0 spiro atoms. The van der Waals surface area contributed by atoms with E-state index in [4.69, 9.17) is 5.26 Å². The average molecular weight is 203 g/mol. The molecule has 0 aliphatic heterocycles. The Morgan fingerprint density at radius 1 is 1.36 bits per heavy atom. The third kappa shape index (κ3) is 3.26. The van der Waals surface area contributed by atoms with E-state index in [1.165, 1.54) is 0 Å². The zero-order chi connectivity index (χ0) is 10.6. The summed E-state index contributed by atoms with van der Waals surface area (Å²) >= 11 is 0. The molecule has 1 aromatic heterocycles. The smallest absolute Gasteiger partial charge is 0.422 e. The minimum atomic E-state index is -4.42. The van der Waals surface area contributed by atoms with E-state index in [-0.39, 0.29) is 5.56 Å². The van der Waals surface area contributed by atoms with Crippen molar-refractivity contribution in [2.24, 2.45) is 0 Å². The lowest BCUT2D eigenvalue weighted by Crippen LogP contribution is -2.20. The summed E-state index contributed by atoms with van der Waals surface area (Å²) in [6, 6.07) is 1.32. The Bertz CT molecular complexity index is 341. The van der Waals surface area contributed by atoms with Crippen LogP contribution < -0.4 is 4.74 Å². The molecule has 1 rings (SSSR count). The molecule has 0 saturated carbocycles. The number of alkyl halides is 3. The van der Waals surface area contributed by atoms with Gasteiger partial charge in [0.25, 0.3) is 0 Å². The van der Waals surface area contributed by atoms with E-state index < -0.39 is 18.8 Å². The van der Waals surface area contributed by atoms with E-state index >= 15 is 0 Å². The maximum Gasteiger partial charge on any atom is 0.422 e. The highest BCUT2D eigenvalue weighted by molar-refractivity contribution is 5.22. The van der Waals surface area contributed by atoms with Crippen molar-refractivity contribution >= 4 is 0 Å². The van der Waals surface area contributed by atoms with Crippen LogP contribution in [0.3, 0.4) is 0 Å². The van der Waals surface area contributed by atoms with Crippen molar-refractivity contribution in [3.05, 3.63) is 18.0 Å². The van der Waals surface area contributed by atoms with Gasteiger partial charge in [-0.2, -0.15) is 18.4 Å². The minimum Gasteiger partial charge on any atom is -0.454 e. The van der Waals surface area contributed by atoms with E-state index in [0.29, 0.717) is 0 Å². The molecule has 0 bridgehead atoms. The molecule has 0 atom stereocenters. The number of rotatable bonds is 2. The van der Waals surface area contributed by atoms with Crippen LogP contribution in [0.1, 0.15) is 5.56 Å². The molecule has 0 amide bonds. The maximum atomic E-state index is 11.7. The molecule has 4 nitrogen and oxygen atoms in total. The van der Waals surface area contributed by atoms with Crippen molar-refractivity contribution < 1.29 is 17.9 Å². The van der Waals surface area contributed by atoms with Gasteiger partial charge in [-0.15, -0.1) is 0 Å². The molecule has 0 N–H and O–H groups in total. The molecule has 0 unspecified atom stereocenters. The number of hydrogen-bond donors (Lipinski definition) is 0. The molecule has 0 aliphatic carbocycles. The van der Waals surface area contributed by atoms with Crippen LogP contribution in [0.15, 0.2) is 12.4 Å². The molecular weight excluding hydrogens is 199 g/mol. The summed E-state index contributed by atoms with van der Waals surface area (Å²) in [5.74, 6) is 0. The number of nitrogens with zero attached hydrogens (tertiary/aromatic N) is 3. The predicted octanol–water partition coefficient (Wildman–Crippen LogP) is 1.29. The zero-order valence-corrected chi connectivity index (χ0v) is 6.75. The van der Waals surface area contributed by atoms with Gasteiger partial charge >= 0.3 is 12.2 Å². The monoisotopic (exact) mass is 203 g/mol. The molecule has 0 saturated heterocycles. The molecule has 1 heterocycles. The van der Waals surface area contributed by atoms with Gasteiger partial charge in [0.2, 0.25) is 0 Å². The van der Waals surface area contributed by atoms with Gasteiger partial charge in [-0.05, 0) is 0 Å². The Hall–Kier alpha value is -1.84. The Balaban J connectivity index is 2.58. The van der Waals surface area contributed by atoms with Gasteiger partial charge < -0.3 is 4.74 Å². The number of ether oxygens (including phenoxy) is 1. The van der Waals surface area contributed by atoms with Crippen molar-refractivity contribution in [2.75, 3.05) is 6.61 Å². The normalized spacial score (nSPS) is 10.7. The first-order valence-corrected chi connectivity index (χ1v) is 3.43. The minimum absolute atomic E-state index is 0.157. The fraction of sp³-hybridized carbons (Fsp3) is 0.286. The van der Waals surface area contributed by atoms with Crippen LogP contribution in [0, 0.1) is 11.3 Å². The number of halogens is 3. The predicted molar refractivity (Wildman–Crippen MR) is 38.3 cm³/mol. The number of hydrogen-bond acceptors (Lipinski definition) is 4. The highest BCUT2D eigenvalue weighted by Crippen LogP contribution is 2.15. The first kappa shape index (κ1) is 10.2. The Labute approximate surface area is 77.0 Å². The lowest BCUT2D eigenvalue weighted by Gasteiger charge is -2.06.